The van der Waals surface area contributed by atoms with E-state index >= 15 is 0 Å². The maximum atomic E-state index is 10.6. The van der Waals surface area contributed by atoms with Crippen molar-refractivity contribution in [1.29, 1.82) is 5.26 Å². The molecule has 298 valence electrons. The second-order valence-corrected chi connectivity index (χ2v) is 16.0. The van der Waals surface area contributed by atoms with Crippen LogP contribution in [0.4, 0.5) is 0 Å². The molecule has 0 aliphatic carbocycles. The predicted octanol–water partition coefficient (Wildman–Crippen LogP) is 14.3. The molecule has 6 nitrogen and oxygen atoms in total. The summed E-state index contributed by atoms with van der Waals surface area (Å²) in [5.74, 6) is 0.749. The van der Waals surface area contributed by atoms with E-state index in [0.717, 1.165) is 111 Å². The van der Waals surface area contributed by atoms with Crippen LogP contribution in [0.25, 0.3) is 111 Å². The summed E-state index contributed by atoms with van der Waals surface area (Å²) in [5.41, 5.74) is 15.5. The minimum atomic E-state index is 0.586. The third-order valence-corrected chi connectivity index (χ3v) is 12.4. The van der Waals surface area contributed by atoms with Gasteiger partial charge in [0.25, 0.3) is 0 Å². The molecule has 0 fully saturated rings. The lowest BCUT2D eigenvalue weighted by Gasteiger charge is -2.17. The molecule has 5 aromatic heterocycles. The van der Waals surface area contributed by atoms with Gasteiger partial charge in [-0.05, 0) is 59.7 Å². The fraction of sp³-hybridized carbons (Fsp3) is 0. The lowest BCUT2D eigenvalue weighted by atomic mass is 9.99. The third kappa shape index (κ3) is 6.14. The molecule has 0 aliphatic rings. The molecule has 5 heterocycles. The Hall–Kier alpha value is -8.92. The molecule has 12 rings (SSSR count). The summed E-state index contributed by atoms with van der Waals surface area (Å²) in [6.45, 7) is 0. The maximum Gasteiger partial charge on any atom is 0.138 e. The molecule has 6 heteroatoms. The van der Waals surface area contributed by atoms with E-state index in [0.29, 0.717) is 5.56 Å². The highest BCUT2D eigenvalue weighted by atomic mass is 15.1. The number of nitriles is 1. The third-order valence-electron chi connectivity index (χ3n) is 12.4. The first-order valence-electron chi connectivity index (χ1n) is 21.3. The summed E-state index contributed by atoms with van der Waals surface area (Å²) >= 11 is 0. The SMILES string of the molecule is N#Cc1ccccc1-c1cc(-n2c3ccccc3c3ccc(-c4ccc(-c5ccccc5)nc4)cc32)ncc1-n1c2ccccc2c2ccc(-c3ccc(-c4ccccc4)nc3)cc21. The molecule has 0 spiro atoms. The lowest BCUT2D eigenvalue weighted by molar-refractivity contribution is 1.06. The normalized spacial score (nSPS) is 11.4. The van der Waals surface area contributed by atoms with Crippen molar-refractivity contribution >= 4 is 43.6 Å². The maximum absolute atomic E-state index is 10.6. The van der Waals surface area contributed by atoms with Crippen molar-refractivity contribution in [2.45, 2.75) is 0 Å². The second-order valence-electron chi connectivity index (χ2n) is 16.0. The Balaban J connectivity index is 1.06. The molecular weight excluding hydrogens is 781 g/mol. The predicted molar refractivity (Wildman–Crippen MR) is 260 cm³/mol. The zero-order valence-corrected chi connectivity index (χ0v) is 34.5. The van der Waals surface area contributed by atoms with Crippen molar-refractivity contribution < 1.29 is 0 Å². The Labute approximate surface area is 369 Å². The van der Waals surface area contributed by atoms with Gasteiger partial charge < -0.3 is 4.57 Å². The quantitative estimate of drug-likeness (QED) is 0.161. The van der Waals surface area contributed by atoms with Crippen LogP contribution in [0.2, 0.25) is 0 Å². The van der Waals surface area contributed by atoms with Crippen LogP contribution >= 0.6 is 0 Å². The lowest BCUT2D eigenvalue weighted by Crippen LogP contribution is -2.04. The van der Waals surface area contributed by atoms with Crippen LogP contribution in [0.1, 0.15) is 5.56 Å². The zero-order valence-electron chi connectivity index (χ0n) is 34.5. The van der Waals surface area contributed by atoms with E-state index in [4.69, 9.17) is 15.0 Å². The number of aromatic nitrogens is 5. The van der Waals surface area contributed by atoms with Crippen molar-refractivity contribution in [3.63, 3.8) is 0 Å². The number of para-hydroxylation sites is 2. The Kier molecular flexibility index (Phi) is 8.77. The Morgan fingerprint density at radius 2 is 0.828 bits per heavy atom. The standard InChI is InChI=1S/C58H36N6/c59-34-42-17-7-8-18-45(42)50-33-58(64-54-22-12-10-20-47(54)49-28-24-41(32-56(49)64)44-26-30-52(61-36-44)39-15-5-2-6-16-39)62-37-57(50)63-53-21-11-9-19-46(53)48-27-23-40(31-55(48)63)43-25-29-51(60-35-43)38-13-3-1-4-14-38/h1-33,35-37H. The van der Waals surface area contributed by atoms with Crippen molar-refractivity contribution in [2.24, 2.45) is 0 Å². The summed E-state index contributed by atoms with van der Waals surface area (Å²) in [4.78, 5) is 15.1. The van der Waals surface area contributed by atoms with Gasteiger partial charge in [-0.1, -0.05) is 152 Å². The average Bonchev–Trinajstić information content (AvgIpc) is 3.89. The second kappa shape index (κ2) is 15.2. The molecule has 0 bridgehead atoms. The molecular formula is C58H36N6. The average molecular weight is 817 g/mol. The van der Waals surface area contributed by atoms with E-state index in [1.54, 1.807) is 0 Å². The molecule has 0 saturated carbocycles. The number of benzene rings is 7. The van der Waals surface area contributed by atoms with Gasteiger partial charge in [0.2, 0.25) is 0 Å². The van der Waals surface area contributed by atoms with Crippen LogP contribution in [-0.4, -0.2) is 24.1 Å². The van der Waals surface area contributed by atoms with Gasteiger partial charge in [-0.3, -0.25) is 14.5 Å². The van der Waals surface area contributed by atoms with Gasteiger partial charge in [0.05, 0.1) is 57.0 Å². The number of nitrogens with zero attached hydrogens (tertiary/aromatic N) is 6. The van der Waals surface area contributed by atoms with Crippen LogP contribution in [0.3, 0.4) is 0 Å². The van der Waals surface area contributed by atoms with Crippen LogP contribution in [0, 0.1) is 11.3 Å². The zero-order chi connectivity index (χ0) is 42.6. The number of fused-ring (bicyclic) bond motifs is 6. The number of pyridine rings is 3. The van der Waals surface area contributed by atoms with Gasteiger partial charge >= 0.3 is 0 Å². The minimum Gasteiger partial charge on any atom is -0.307 e. The van der Waals surface area contributed by atoms with E-state index < -0.39 is 0 Å². The summed E-state index contributed by atoms with van der Waals surface area (Å²) in [6.07, 6.45) is 5.88. The molecule has 64 heavy (non-hydrogen) atoms. The van der Waals surface area contributed by atoms with Gasteiger partial charge in [-0.2, -0.15) is 5.26 Å². The van der Waals surface area contributed by atoms with Gasteiger partial charge in [-0.25, -0.2) is 4.98 Å². The smallest absolute Gasteiger partial charge is 0.138 e. The Morgan fingerprint density at radius 1 is 0.344 bits per heavy atom. The highest BCUT2D eigenvalue weighted by Gasteiger charge is 2.21. The summed E-state index contributed by atoms with van der Waals surface area (Å²) in [5, 5.41) is 15.1. The fourth-order valence-electron chi connectivity index (χ4n) is 9.26. The highest BCUT2D eigenvalue weighted by molar-refractivity contribution is 6.12. The van der Waals surface area contributed by atoms with Gasteiger partial charge in [0.1, 0.15) is 5.82 Å². The van der Waals surface area contributed by atoms with Gasteiger partial charge in [0.15, 0.2) is 0 Å². The van der Waals surface area contributed by atoms with Crippen molar-refractivity contribution in [1.82, 2.24) is 24.1 Å². The molecule has 12 aromatic rings. The fourth-order valence-corrected chi connectivity index (χ4v) is 9.26. The molecule has 0 N–H and O–H groups in total. The summed E-state index contributed by atoms with van der Waals surface area (Å²) < 4.78 is 4.55. The monoisotopic (exact) mass is 816 g/mol. The first kappa shape index (κ1) is 36.9. The van der Waals surface area contributed by atoms with Crippen molar-refractivity contribution in [3.05, 3.63) is 224 Å². The highest BCUT2D eigenvalue weighted by Crippen LogP contribution is 2.41. The number of hydrogen-bond donors (Lipinski definition) is 0. The van der Waals surface area contributed by atoms with Gasteiger partial charge in [-0.15, -0.1) is 0 Å². The van der Waals surface area contributed by atoms with Crippen LogP contribution in [0.15, 0.2) is 219 Å². The van der Waals surface area contributed by atoms with Crippen LogP contribution < -0.4 is 0 Å². The summed E-state index contributed by atoms with van der Waals surface area (Å²) in [6, 6.07) is 71.7. The topological polar surface area (TPSA) is 72.3 Å². The van der Waals surface area contributed by atoms with Crippen molar-refractivity contribution in [3.8, 4) is 73.5 Å². The molecule has 0 saturated heterocycles. The number of rotatable bonds is 7. The Bertz CT molecular complexity index is 3770. The minimum absolute atomic E-state index is 0.586. The van der Waals surface area contributed by atoms with E-state index in [1.165, 1.54) is 0 Å². The van der Waals surface area contributed by atoms with E-state index in [1.807, 2.05) is 79.3 Å². The molecule has 0 atom stereocenters. The first-order valence-corrected chi connectivity index (χ1v) is 21.3. The van der Waals surface area contributed by atoms with Crippen LogP contribution in [0.5, 0.6) is 0 Å². The molecule has 0 radical (unpaired) electrons. The molecule has 0 amide bonds. The van der Waals surface area contributed by atoms with E-state index in [9.17, 15) is 5.26 Å². The van der Waals surface area contributed by atoms with Gasteiger partial charge in [0, 0.05) is 67.3 Å². The first-order chi connectivity index (χ1) is 31.7. The molecule has 7 aromatic carbocycles. The summed E-state index contributed by atoms with van der Waals surface area (Å²) in [7, 11) is 0. The Morgan fingerprint density at radius 3 is 1.39 bits per heavy atom. The molecule has 0 unspecified atom stereocenters. The van der Waals surface area contributed by atoms with Crippen molar-refractivity contribution in [2.75, 3.05) is 0 Å². The van der Waals surface area contributed by atoms with E-state index in [2.05, 4.69) is 155 Å². The van der Waals surface area contributed by atoms with E-state index in [-0.39, 0.29) is 0 Å². The molecule has 0 aliphatic heterocycles. The van der Waals surface area contributed by atoms with Crippen LogP contribution in [-0.2, 0) is 0 Å². The largest absolute Gasteiger partial charge is 0.307 e. The number of hydrogen-bond acceptors (Lipinski definition) is 4.